The van der Waals surface area contributed by atoms with Crippen LogP contribution in [0.15, 0.2) is 18.2 Å². The molecule has 0 unspecified atom stereocenters. The van der Waals surface area contributed by atoms with Gasteiger partial charge in [-0.15, -0.1) is 0 Å². The summed E-state index contributed by atoms with van der Waals surface area (Å²) in [7, 11) is 4.81. The van der Waals surface area contributed by atoms with E-state index < -0.39 is 8.26 Å². The van der Waals surface area contributed by atoms with Gasteiger partial charge in [-0.2, -0.15) is 8.42 Å². The number of halogens is 3. The molecule has 0 atom stereocenters. The van der Waals surface area contributed by atoms with Crippen LogP contribution in [0.5, 0.6) is 0 Å². The molecule has 17 heavy (non-hydrogen) atoms. The summed E-state index contributed by atoms with van der Waals surface area (Å²) in [6, 6.07) is 5.42. The van der Waals surface area contributed by atoms with Crippen molar-refractivity contribution in [2.24, 2.45) is 0 Å². The molecule has 4 nitrogen and oxygen atoms in total. The topological polar surface area (TPSA) is 63.2 Å². The normalized spacial score (nSPS) is 10.2. The van der Waals surface area contributed by atoms with Gasteiger partial charge in [-0.05, 0) is 24.6 Å². The van der Waals surface area contributed by atoms with Crippen molar-refractivity contribution in [3.8, 4) is 0 Å². The summed E-state index contributed by atoms with van der Waals surface area (Å²) in [6.45, 7) is 3.34. The first-order valence-corrected chi connectivity index (χ1v) is 7.79. The summed E-state index contributed by atoms with van der Waals surface area (Å²) in [5.41, 5.74) is 1.67. The Morgan fingerprint density at radius 2 is 1.76 bits per heavy atom. The quantitative estimate of drug-likeness (QED) is 0.808. The van der Waals surface area contributed by atoms with E-state index in [4.69, 9.17) is 20.0 Å². The minimum absolute atomic E-state index is 0.0830. The van der Waals surface area contributed by atoms with Gasteiger partial charge in [0.25, 0.3) is 0 Å². The van der Waals surface area contributed by atoms with E-state index >= 15 is 0 Å². The minimum Gasteiger partial charge on any atom is -0.326 e. The molecular weight excluding hydrogens is 309 g/mol. The Labute approximate surface area is 114 Å². The Bertz CT molecular complexity index is 494. The molecular formula is C9H10Cl3NO3S. The largest absolute Gasteiger partial charge is 0.326 e. The second-order valence-corrected chi connectivity index (χ2v) is 7.05. The average Bonchev–Trinajstić information content (AvgIpc) is 2.09. The van der Waals surface area contributed by atoms with Gasteiger partial charge in [0, 0.05) is 39.0 Å². The molecule has 0 spiro atoms. The second kappa shape index (κ2) is 7.06. The molecule has 1 aromatic rings. The predicted octanol–water partition coefficient (Wildman–Crippen LogP) is 3.32. The number of anilines is 1. The summed E-state index contributed by atoms with van der Waals surface area (Å²) < 4.78 is 18.3. The minimum atomic E-state index is -3.72. The highest BCUT2D eigenvalue weighted by Gasteiger charge is 2.01. The fourth-order valence-corrected chi connectivity index (χ4v) is 1.11. The lowest BCUT2D eigenvalue weighted by atomic mass is 10.2. The first kappa shape index (κ1) is 16.5. The summed E-state index contributed by atoms with van der Waals surface area (Å²) in [4.78, 5) is 10.7. The first-order valence-electron chi connectivity index (χ1n) is 4.28. The third kappa shape index (κ3) is 9.23. The van der Waals surface area contributed by atoms with Crippen molar-refractivity contribution in [1.82, 2.24) is 0 Å². The van der Waals surface area contributed by atoms with Gasteiger partial charge in [0.2, 0.25) is 5.91 Å². The van der Waals surface area contributed by atoms with Crippen molar-refractivity contribution < 1.29 is 13.2 Å². The van der Waals surface area contributed by atoms with Crippen molar-refractivity contribution in [1.29, 1.82) is 0 Å². The van der Waals surface area contributed by atoms with Gasteiger partial charge in [0.15, 0.2) is 0 Å². The molecule has 0 bridgehead atoms. The summed E-state index contributed by atoms with van der Waals surface area (Å²) in [5.74, 6) is -0.0830. The van der Waals surface area contributed by atoms with E-state index in [1.165, 1.54) is 6.92 Å². The zero-order valence-electron chi connectivity index (χ0n) is 9.00. The van der Waals surface area contributed by atoms with Crippen LogP contribution < -0.4 is 5.32 Å². The molecule has 8 heteroatoms. The highest BCUT2D eigenvalue weighted by Crippen LogP contribution is 2.22. The molecule has 96 valence electrons. The van der Waals surface area contributed by atoms with Crippen molar-refractivity contribution in [3.63, 3.8) is 0 Å². The monoisotopic (exact) mass is 317 g/mol. The Balaban J connectivity index is 0.000000437. The van der Waals surface area contributed by atoms with Gasteiger partial charge in [-0.25, -0.2) is 0 Å². The van der Waals surface area contributed by atoms with Crippen molar-refractivity contribution in [2.75, 3.05) is 5.32 Å². The number of carbonyl (C=O) groups excluding carboxylic acids is 1. The van der Waals surface area contributed by atoms with Crippen LogP contribution in [-0.2, 0) is 13.1 Å². The molecule has 0 aromatic heterocycles. The molecule has 0 aliphatic carbocycles. The summed E-state index contributed by atoms with van der Waals surface area (Å²) in [5, 5.41) is 3.36. The zero-order chi connectivity index (χ0) is 13.6. The molecule has 0 saturated heterocycles. The van der Waals surface area contributed by atoms with E-state index in [0.717, 1.165) is 11.3 Å². The number of benzene rings is 1. The summed E-state index contributed by atoms with van der Waals surface area (Å²) >= 11 is 5.85. The number of amides is 1. The molecule has 1 N–H and O–H groups in total. The van der Waals surface area contributed by atoms with Crippen LogP contribution in [0.1, 0.15) is 12.5 Å². The number of carbonyl (C=O) groups is 1. The fraction of sp³-hybridized carbons (Fsp3) is 0.222. The van der Waals surface area contributed by atoms with Crippen molar-refractivity contribution >= 4 is 52.8 Å². The smallest absolute Gasteiger partial charge is 0.317 e. The van der Waals surface area contributed by atoms with Crippen LogP contribution in [0.2, 0.25) is 5.02 Å². The number of hydrogen-bond acceptors (Lipinski definition) is 3. The standard InChI is InChI=1S/C9H10ClNO.Cl2O2S/c1-6-8(10)4-3-5-9(6)11-7(2)12;1-5(2,3)4/h3-5H,1-2H3,(H,11,12);. The predicted molar refractivity (Wildman–Crippen MR) is 71.1 cm³/mol. The van der Waals surface area contributed by atoms with E-state index in [-0.39, 0.29) is 5.91 Å². The van der Waals surface area contributed by atoms with Crippen LogP contribution in [0.25, 0.3) is 0 Å². The van der Waals surface area contributed by atoms with E-state index in [1.54, 1.807) is 12.1 Å². The highest BCUT2D eigenvalue weighted by atomic mass is 36.0. The van der Waals surface area contributed by atoms with E-state index in [1.807, 2.05) is 13.0 Å². The second-order valence-electron chi connectivity index (χ2n) is 2.97. The highest BCUT2D eigenvalue weighted by molar-refractivity contribution is 8.31. The Kier molecular flexibility index (Phi) is 6.85. The van der Waals surface area contributed by atoms with Gasteiger partial charge in [0.1, 0.15) is 0 Å². The maximum absolute atomic E-state index is 10.7. The molecule has 0 radical (unpaired) electrons. The maximum Gasteiger partial charge on any atom is 0.317 e. The third-order valence-electron chi connectivity index (χ3n) is 1.58. The average molecular weight is 319 g/mol. The van der Waals surface area contributed by atoms with Crippen LogP contribution >= 0.6 is 33.0 Å². The van der Waals surface area contributed by atoms with Crippen LogP contribution in [0.4, 0.5) is 5.69 Å². The zero-order valence-corrected chi connectivity index (χ0v) is 12.1. The molecule has 0 aliphatic rings. The van der Waals surface area contributed by atoms with E-state index in [0.29, 0.717) is 5.02 Å². The summed E-state index contributed by atoms with van der Waals surface area (Å²) in [6.07, 6.45) is 0. The number of rotatable bonds is 1. The van der Waals surface area contributed by atoms with Crippen molar-refractivity contribution in [2.45, 2.75) is 13.8 Å². The van der Waals surface area contributed by atoms with Gasteiger partial charge in [0.05, 0.1) is 0 Å². The Hall–Kier alpha value is -0.490. The maximum atomic E-state index is 10.7. The Morgan fingerprint density at radius 1 is 1.29 bits per heavy atom. The molecule has 1 amide bonds. The van der Waals surface area contributed by atoms with Gasteiger partial charge >= 0.3 is 8.26 Å². The van der Waals surface area contributed by atoms with Crippen LogP contribution in [0.3, 0.4) is 0 Å². The Morgan fingerprint density at radius 3 is 2.18 bits per heavy atom. The van der Waals surface area contributed by atoms with Gasteiger partial charge in [-0.3, -0.25) is 4.79 Å². The van der Waals surface area contributed by atoms with Gasteiger partial charge < -0.3 is 5.32 Å². The molecule has 1 rings (SSSR count). The molecule has 0 saturated carbocycles. The fourth-order valence-electron chi connectivity index (χ4n) is 0.933. The first-order chi connectivity index (χ1) is 7.61. The van der Waals surface area contributed by atoms with E-state index in [2.05, 4.69) is 26.7 Å². The lowest BCUT2D eigenvalue weighted by Gasteiger charge is -2.06. The SMILES string of the molecule is CC(=O)Nc1cccc(Cl)c1C.O=S(=O)(Cl)Cl. The molecule has 0 heterocycles. The van der Waals surface area contributed by atoms with Crippen LogP contribution in [0, 0.1) is 6.92 Å². The molecule has 0 fully saturated rings. The van der Waals surface area contributed by atoms with E-state index in [9.17, 15) is 4.79 Å². The van der Waals surface area contributed by atoms with Crippen LogP contribution in [-0.4, -0.2) is 14.3 Å². The van der Waals surface area contributed by atoms with Crippen molar-refractivity contribution in [3.05, 3.63) is 28.8 Å². The number of nitrogens with one attached hydrogen (secondary N) is 1. The molecule has 1 aromatic carbocycles. The molecule has 0 aliphatic heterocycles. The lowest BCUT2D eigenvalue weighted by molar-refractivity contribution is -0.114. The lowest BCUT2D eigenvalue weighted by Crippen LogP contribution is -2.06. The number of hydrogen-bond donors (Lipinski definition) is 1. The third-order valence-corrected chi connectivity index (χ3v) is 1.99. The van der Waals surface area contributed by atoms with Gasteiger partial charge in [-0.1, -0.05) is 17.7 Å².